The third-order valence-electron chi connectivity index (χ3n) is 5.48. The van der Waals surface area contributed by atoms with Crippen molar-refractivity contribution in [2.24, 2.45) is 0 Å². The molecule has 1 N–H and O–H groups in total. The number of rotatable bonds is 3. The maximum Gasteiger partial charge on any atom is 0.318 e. The number of carbonyl (C=O) groups is 1. The maximum absolute atomic E-state index is 12.7. The van der Waals surface area contributed by atoms with E-state index in [1.165, 1.54) is 17.5 Å². The Balaban J connectivity index is 1.41. The number of hydrogen-bond acceptors (Lipinski definition) is 3. The van der Waals surface area contributed by atoms with Crippen LogP contribution in [0.15, 0.2) is 34.9 Å². The smallest absolute Gasteiger partial charge is 0.318 e. The van der Waals surface area contributed by atoms with E-state index in [4.69, 9.17) is 4.52 Å². The van der Waals surface area contributed by atoms with Gasteiger partial charge in [0, 0.05) is 25.1 Å². The number of likely N-dealkylation sites (tertiary alicyclic amines) is 1. The first kappa shape index (κ1) is 16.2. The van der Waals surface area contributed by atoms with Gasteiger partial charge in [0.25, 0.3) is 0 Å². The second kappa shape index (κ2) is 6.90. The molecule has 2 aliphatic rings. The van der Waals surface area contributed by atoms with Gasteiger partial charge in [0.05, 0.1) is 11.7 Å². The first-order chi connectivity index (χ1) is 12.2. The molecule has 25 heavy (non-hydrogen) atoms. The quantitative estimate of drug-likeness (QED) is 0.921. The minimum atomic E-state index is 0.0135. The summed E-state index contributed by atoms with van der Waals surface area (Å²) in [5.74, 6) is 1.22. The van der Waals surface area contributed by atoms with Gasteiger partial charge < -0.3 is 14.7 Å². The Morgan fingerprint density at radius 3 is 3.04 bits per heavy atom. The summed E-state index contributed by atoms with van der Waals surface area (Å²) in [6.07, 6.45) is 5.43. The number of amides is 2. The molecule has 1 fully saturated rings. The molecule has 0 radical (unpaired) electrons. The van der Waals surface area contributed by atoms with Crippen molar-refractivity contribution in [3.63, 3.8) is 0 Å². The van der Waals surface area contributed by atoms with Crippen molar-refractivity contribution in [3.05, 3.63) is 52.9 Å². The number of aryl methyl sites for hydroxylation is 2. The predicted molar refractivity (Wildman–Crippen MR) is 95.4 cm³/mol. The first-order valence-corrected chi connectivity index (χ1v) is 9.28. The molecule has 1 aliphatic heterocycles. The summed E-state index contributed by atoms with van der Waals surface area (Å²) in [5, 5.41) is 7.13. The summed E-state index contributed by atoms with van der Waals surface area (Å²) in [7, 11) is 0. The third-order valence-corrected chi connectivity index (χ3v) is 5.48. The molecular formula is C20H25N3O2. The van der Waals surface area contributed by atoms with E-state index in [0.29, 0.717) is 12.5 Å². The van der Waals surface area contributed by atoms with Crippen molar-refractivity contribution < 1.29 is 9.32 Å². The highest BCUT2D eigenvalue weighted by molar-refractivity contribution is 5.75. The lowest BCUT2D eigenvalue weighted by Crippen LogP contribution is -2.41. The van der Waals surface area contributed by atoms with E-state index in [1.54, 1.807) is 0 Å². The van der Waals surface area contributed by atoms with Crippen LogP contribution in [0.25, 0.3) is 0 Å². The summed E-state index contributed by atoms with van der Waals surface area (Å²) < 4.78 is 5.40. The summed E-state index contributed by atoms with van der Waals surface area (Å²) >= 11 is 0. The Hall–Kier alpha value is -2.30. The fourth-order valence-electron chi connectivity index (χ4n) is 4.22. The van der Waals surface area contributed by atoms with Gasteiger partial charge in [-0.2, -0.15) is 0 Å². The molecule has 5 nitrogen and oxygen atoms in total. The van der Waals surface area contributed by atoms with Gasteiger partial charge in [-0.05, 0) is 50.2 Å². The number of fused-ring (bicyclic) bond motifs is 1. The average molecular weight is 339 g/mol. The topological polar surface area (TPSA) is 58.4 Å². The molecule has 1 saturated heterocycles. The van der Waals surface area contributed by atoms with Gasteiger partial charge >= 0.3 is 6.03 Å². The van der Waals surface area contributed by atoms with E-state index in [0.717, 1.165) is 43.7 Å². The van der Waals surface area contributed by atoms with Crippen LogP contribution in [0.1, 0.15) is 60.2 Å². The van der Waals surface area contributed by atoms with Crippen molar-refractivity contribution in [3.8, 4) is 0 Å². The van der Waals surface area contributed by atoms with Crippen molar-refractivity contribution >= 4 is 6.03 Å². The van der Waals surface area contributed by atoms with Crippen LogP contribution in [0.2, 0.25) is 0 Å². The molecule has 4 rings (SSSR count). The molecule has 0 unspecified atom stereocenters. The zero-order chi connectivity index (χ0) is 17.2. The predicted octanol–water partition coefficient (Wildman–Crippen LogP) is 3.95. The first-order valence-electron chi connectivity index (χ1n) is 9.28. The van der Waals surface area contributed by atoms with E-state index in [-0.39, 0.29) is 12.1 Å². The van der Waals surface area contributed by atoms with Crippen molar-refractivity contribution in [2.45, 2.75) is 51.0 Å². The van der Waals surface area contributed by atoms with Crippen LogP contribution in [0.4, 0.5) is 4.79 Å². The molecule has 0 bridgehead atoms. The fraction of sp³-hybridized carbons (Fsp3) is 0.500. The highest BCUT2D eigenvalue weighted by Crippen LogP contribution is 2.33. The summed E-state index contributed by atoms with van der Waals surface area (Å²) in [6.45, 7) is 3.39. The molecule has 132 valence electrons. The standard InChI is InChI=1S/C20H25N3O2/c1-14-12-19(25-22-14)18-10-5-11-23(18)20(24)21-13-16-8-4-7-15-6-2-3-9-17(15)16/h2-3,6,9,12,16,18H,4-5,7-8,10-11,13H2,1H3,(H,21,24)/t16-,18+/m0/s1. The van der Waals surface area contributed by atoms with E-state index in [1.807, 2.05) is 17.9 Å². The van der Waals surface area contributed by atoms with Crippen molar-refractivity contribution in [1.29, 1.82) is 0 Å². The Kier molecular flexibility index (Phi) is 4.47. The van der Waals surface area contributed by atoms with Gasteiger partial charge in [-0.15, -0.1) is 0 Å². The summed E-state index contributed by atoms with van der Waals surface area (Å²) in [5.41, 5.74) is 3.70. The van der Waals surface area contributed by atoms with Crippen LogP contribution in [0.3, 0.4) is 0 Å². The molecule has 0 spiro atoms. The molecule has 2 heterocycles. The van der Waals surface area contributed by atoms with E-state index >= 15 is 0 Å². The lowest BCUT2D eigenvalue weighted by atomic mass is 9.83. The van der Waals surface area contributed by atoms with Crippen LogP contribution in [0.5, 0.6) is 0 Å². The van der Waals surface area contributed by atoms with Gasteiger partial charge in [-0.25, -0.2) is 4.79 Å². The molecule has 1 aromatic heterocycles. The second-order valence-electron chi connectivity index (χ2n) is 7.20. The number of urea groups is 1. The van der Waals surface area contributed by atoms with Gasteiger partial charge in [0.15, 0.2) is 5.76 Å². The molecule has 1 aliphatic carbocycles. The monoisotopic (exact) mass is 339 g/mol. The Morgan fingerprint density at radius 1 is 1.32 bits per heavy atom. The number of nitrogens with one attached hydrogen (secondary N) is 1. The van der Waals surface area contributed by atoms with Crippen LogP contribution >= 0.6 is 0 Å². The zero-order valence-corrected chi connectivity index (χ0v) is 14.7. The molecule has 2 amide bonds. The molecule has 5 heteroatoms. The lowest BCUT2D eigenvalue weighted by molar-refractivity contribution is 0.181. The summed E-state index contributed by atoms with van der Waals surface area (Å²) in [6, 6.07) is 10.6. The number of benzene rings is 1. The van der Waals surface area contributed by atoms with Crippen molar-refractivity contribution in [2.75, 3.05) is 13.1 Å². The number of hydrogen-bond donors (Lipinski definition) is 1. The number of aromatic nitrogens is 1. The lowest BCUT2D eigenvalue weighted by Gasteiger charge is -2.28. The third kappa shape index (κ3) is 3.28. The minimum absolute atomic E-state index is 0.0135. The molecule has 1 aromatic carbocycles. The van der Waals surface area contributed by atoms with Crippen molar-refractivity contribution in [1.82, 2.24) is 15.4 Å². The Morgan fingerprint density at radius 2 is 2.20 bits per heavy atom. The van der Waals surface area contributed by atoms with Gasteiger partial charge in [0.2, 0.25) is 0 Å². The highest BCUT2D eigenvalue weighted by Gasteiger charge is 2.33. The molecule has 2 aromatic rings. The maximum atomic E-state index is 12.7. The zero-order valence-electron chi connectivity index (χ0n) is 14.7. The van der Waals surface area contributed by atoms with E-state index in [2.05, 4.69) is 34.7 Å². The normalized spacial score (nSPS) is 22.7. The Bertz CT molecular complexity index is 755. The highest BCUT2D eigenvalue weighted by atomic mass is 16.5. The van der Waals surface area contributed by atoms with Crippen LogP contribution < -0.4 is 5.32 Å². The molecule has 0 saturated carbocycles. The molecular weight excluding hydrogens is 314 g/mol. The van der Waals surface area contributed by atoms with Crippen LogP contribution in [-0.4, -0.2) is 29.2 Å². The average Bonchev–Trinajstić information content (AvgIpc) is 3.28. The Labute approximate surface area is 148 Å². The van der Waals surface area contributed by atoms with Gasteiger partial charge in [-0.3, -0.25) is 0 Å². The number of nitrogens with zero attached hydrogens (tertiary/aromatic N) is 2. The SMILES string of the molecule is Cc1cc([C@H]2CCCN2C(=O)NC[C@@H]2CCCc3ccccc32)on1. The summed E-state index contributed by atoms with van der Waals surface area (Å²) in [4.78, 5) is 14.6. The fourth-order valence-corrected chi connectivity index (χ4v) is 4.22. The minimum Gasteiger partial charge on any atom is -0.359 e. The second-order valence-corrected chi connectivity index (χ2v) is 7.20. The van der Waals surface area contributed by atoms with Crippen LogP contribution in [-0.2, 0) is 6.42 Å². The number of carbonyl (C=O) groups excluding carboxylic acids is 1. The van der Waals surface area contributed by atoms with Gasteiger partial charge in [0.1, 0.15) is 0 Å². The van der Waals surface area contributed by atoms with E-state index < -0.39 is 0 Å². The molecule has 2 atom stereocenters. The van der Waals surface area contributed by atoms with Gasteiger partial charge in [-0.1, -0.05) is 29.4 Å². The largest absolute Gasteiger partial charge is 0.359 e. The van der Waals surface area contributed by atoms with E-state index in [9.17, 15) is 4.79 Å². The van der Waals surface area contributed by atoms with Crippen LogP contribution in [0, 0.1) is 6.92 Å².